The van der Waals surface area contributed by atoms with E-state index in [9.17, 15) is 9.59 Å². The zero-order chi connectivity index (χ0) is 24.1. The summed E-state index contributed by atoms with van der Waals surface area (Å²) in [5, 5.41) is 10.6. The highest BCUT2D eigenvalue weighted by Gasteiger charge is 2.24. The molecule has 0 spiro atoms. The molecule has 1 aliphatic rings. The minimum absolute atomic E-state index is 0.112. The van der Waals surface area contributed by atoms with Crippen molar-refractivity contribution in [3.8, 4) is 23.1 Å². The van der Waals surface area contributed by atoms with Crippen molar-refractivity contribution in [1.29, 1.82) is 0 Å². The van der Waals surface area contributed by atoms with E-state index in [-0.39, 0.29) is 23.6 Å². The van der Waals surface area contributed by atoms with E-state index in [1.54, 1.807) is 30.5 Å². The van der Waals surface area contributed by atoms with Crippen LogP contribution < -0.4 is 24.8 Å². The number of aromatic nitrogens is 4. The maximum Gasteiger partial charge on any atom is 0.272 e. The van der Waals surface area contributed by atoms with E-state index in [2.05, 4.69) is 25.7 Å². The molecule has 0 radical (unpaired) electrons. The summed E-state index contributed by atoms with van der Waals surface area (Å²) in [6.45, 7) is 0. The number of amides is 2. The van der Waals surface area contributed by atoms with Crippen LogP contribution in [0.1, 0.15) is 23.3 Å². The summed E-state index contributed by atoms with van der Waals surface area (Å²) in [6.07, 6.45) is 5.06. The summed E-state index contributed by atoms with van der Waals surface area (Å²) >= 11 is 1.24. The molecule has 3 aromatic rings. The molecule has 2 N–H and O–H groups in total. The van der Waals surface area contributed by atoms with Crippen molar-refractivity contribution < 1.29 is 23.8 Å². The van der Waals surface area contributed by atoms with Crippen LogP contribution in [-0.2, 0) is 4.79 Å². The molecule has 2 aromatic heterocycles. The van der Waals surface area contributed by atoms with Gasteiger partial charge in [0.1, 0.15) is 11.4 Å². The van der Waals surface area contributed by atoms with E-state index in [0.29, 0.717) is 39.5 Å². The van der Waals surface area contributed by atoms with E-state index in [4.69, 9.17) is 14.2 Å². The number of nitrogens with zero attached hydrogens (tertiary/aromatic N) is 4. The minimum Gasteiger partial charge on any atom is -0.493 e. The second-order valence-corrected chi connectivity index (χ2v) is 8.35. The summed E-state index contributed by atoms with van der Waals surface area (Å²) in [6, 6.07) is 6.90. The van der Waals surface area contributed by atoms with E-state index in [1.165, 1.54) is 44.1 Å². The lowest BCUT2D eigenvalue weighted by molar-refractivity contribution is -0.113. The van der Waals surface area contributed by atoms with Gasteiger partial charge in [-0.25, -0.2) is 14.6 Å². The average Bonchev–Trinajstić information content (AvgIpc) is 3.52. The third-order valence-electron chi connectivity index (χ3n) is 4.90. The second-order valence-electron chi connectivity index (χ2n) is 7.36. The van der Waals surface area contributed by atoms with Crippen LogP contribution in [0.25, 0.3) is 5.82 Å². The first kappa shape index (κ1) is 23.4. The lowest BCUT2D eigenvalue weighted by Gasteiger charge is -2.14. The molecule has 11 nitrogen and oxygen atoms in total. The van der Waals surface area contributed by atoms with Gasteiger partial charge in [-0.15, -0.1) is 0 Å². The fraction of sp³-hybridized carbons (Fsp3) is 0.318. The number of rotatable bonds is 10. The first-order chi connectivity index (χ1) is 16.5. The van der Waals surface area contributed by atoms with Crippen LogP contribution in [-0.4, -0.2) is 64.7 Å². The Morgan fingerprint density at radius 3 is 2.47 bits per heavy atom. The molecule has 0 unspecified atom stereocenters. The molecular weight excluding hydrogens is 460 g/mol. The topological polar surface area (TPSA) is 129 Å². The SMILES string of the molecule is COc1cc(NC(=O)CSc2cc(-n3ccc(C(=O)NC4CC4)n3)ncn2)cc(OC)c1OC. The predicted molar refractivity (Wildman–Crippen MR) is 125 cm³/mol. The van der Waals surface area contributed by atoms with Gasteiger partial charge in [-0.05, 0) is 18.9 Å². The Labute approximate surface area is 200 Å². The van der Waals surface area contributed by atoms with Crippen LogP contribution in [0, 0.1) is 0 Å². The number of carbonyl (C=O) groups excluding carboxylic acids is 2. The van der Waals surface area contributed by atoms with Crippen molar-refractivity contribution in [3.63, 3.8) is 0 Å². The summed E-state index contributed by atoms with van der Waals surface area (Å²) in [5.74, 6) is 1.49. The quantitative estimate of drug-likeness (QED) is 0.329. The largest absolute Gasteiger partial charge is 0.493 e. The first-order valence-electron chi connectivity index (χ1n) is 10.4. The molecular formula is C22H24N6O5S. The van der Waals surface area contributed by atoms with Crippen molar-refractivity contribution in [2.24, 2.45) is 0 Å². The molecule has 0 saturated heterocycles. The van der Waals surface area contributed by atoms with E-state index in [0.717, 1.165) is 12.8 Å². The van der Waals surface area contributed by atoms with Crippen LogP contribution in [0.2, 0.25) is 0 Å². The smallest absolute Gasteiger partial charge is 0.272 e. The Bertz CT molecular complexity index is 1170. The maximum atomic E-state index is 12.5. The highest BCUT2D eigenvalue weighted by Crippen LogP contribution is 2.40. The van der Waals surface area contributed by atoms with Crippen LogP contribution in [0.15, 0.2) is 41.8 Å². The van der Waals surface area contributed by atoms with E-state index >= 15 is 0 Å². The highest BCUT2D eigenvalue weighted by molar-refractivity contribution is 7.99. The summed E-state index contributed by atoms with van der Waals surface area (Å²) in [7, 11) is 4.53. The third-order valence-corrected chi connectivity index (χ3v) is 5.82. The lowest BCUT2D eigenvalue weighted by atomic mass is 10.2. The second kappa shape index (κ2) is 10.4. The molecule has 34 heavy (non-hydrogen) atoms. The Balaban J connectivity index is 1.38. The number of hydrogen-bond donors (Lipinski definition) is 2. The zero-order valence-corrected chi connectivity index (χ0v) is 19.7. The highest BCUT2D eigenvalue weighted by atomic mass is 32.2. The molecule has 12 heteroatoms. The van der Waals surface area contributed by atoms with Crippen LogP contribution in [0.3, 0.4) is 0 Å². The number of hydrogen-bond acceptors (Lipinski definition) is 9. The molecule has 1 saturated carbocycles. The monoisotopic (exact) mass is 484 g/mol. The Kier molecular flexibility index (Phi) is 7.16. The van der Waals surface area contributed by atoms with Crippen molar-refractivity contribution in [3.05, 3.63) is 42.5 Å². The number of nitrogens with one attached hydrogen (secondary N) is 2. The van der Waals surface area contributed by atoms with Gasteiger partial charge in [0.2, 0.25) is 11.7 Å². The molecule has 1 aliphatic carbocycles. The maximum absolute atomic E-state index is 12.5. The Hall–Kier alpha value is -3.80. The Morgan fingerprint density at radius 2 is 1.82 bits per heavy atom. The van der Waals surface area contributed by atoms with Crippen molar-refractivity contribution >= 4 is 29.3 Å². The van der Waals surface area contributed by atoms with Gasteiger partial charge in [-0.1, -0.05) is 11.8 Å². The number of anilines is 1. The molecule has 1 aromatic carbocycles. The van der Waals surface area contributed by atoms with Gasteiger partial charge in [0, 0.05) is 36.1 Å². The van der Waals surface area contributed by atoms with Gasteiger partial charge in [-0.2, -0.15) is 5.10 Å². The van der Waals surface area contributed by atoms with Gasteiger partial charge in [0.15, 0.2) is 23.0 Å². The summed E-state index contributed by atoms with van der Waals surface area (Å²) in [5.41, 5.74) is 0.835. The lowest BCUT2D eigenvalue weighted by Crippen LogP contribution is -2.25. The van der Waals surface area contributed by atoms with Gasteiger partial charge in [-0.3, -0.25) is 9.59 Å². The molecule has 4 rings (SSSR count). The van der Waals surface area contributed by atoms with Crippen LogP contribution >= 0.6 is 11.8 Å². The Morgan fingerprint density at radius 1 is 1.09 bits per heavy atom. The summed E-state index contributed by atoms with van der Waals surface area (Å²) in [4.78, 5) is 33.1. The van der Waals surface area contributed by atoms with E-state index < -0.39 is 0 Å². The van der Waals surface area contributed by atoms with E-state index in [1.807, 2.05) is 0 Å². The third kappa shape index (κ3) is 5.57. The first-order valence-corrected chi connectivity index (χ1v) is 11.4. The number of methoxy groups -OCH3 is 3. The molecule has 2 amide bonds. The fourth-order valence-corrected chi connectivity index (χ4v) is 3.75. The average molecular weight is 485 g/mol. The number of carbonyl (C=O) groups is 2. The van der Waals surface area contributed by atoms with Gasteiger partial charge in [0.25, 0.3) is 5.91 Å². The number of thioether (sulfide) groups is 1. The standard InChI is InChI=1S/C22H24N6O5S/c1-31-16-8-14(9-17(32-2)21(16)33-3)25-19(29)11-34-20-10-18(23-12-24-20)28-7-6-15(27-28)22(30)26-13-4-5-13/h6-10,12-13H,4-5,11H2,1-3H3,(H,25,29)(H,26,30). The molecule has 0 bridgehead atoms. The molecule has 1 fully saturated rings. The minimum atomic E-state index is -0.238. The van der Waals surface area contributed by atoms with Gasteiger partial charge in [0.05, 0.1) is 27.1 Å². The zero-order valence-electron chi connectivity index (χ0n) is 18.9. The van der Waals surface area contributed by atoms with Crippen molar-refractivity contribution in [2.45, 2.75) is 23.9 Å². The van der Waals surface area contributed by atoms with Crippen LogP contribution in [0.5, 0.6) is 17.2 Å². The molecule has 178 valence electrons. The predicted octanol–water partition coefficient (Wildman–Crippen LogP) is 2.31. The fourth-order valence-electron chi connectivity index (χ4n) is 3.08. The normalized spacial score (nSPS) is 12.7. The molecule has 0 atom stereocenters. The summed E-state index contributed by atoms with van der Waals surface area (Å²) < 4.78 is 17.4. The molecule has 2 heterocycles. The van der Waals surface area contributed by atoms with Crippen molar-refractivity contribution in [2.75, 3.05) is 32.4 Å². The number of ether oxygens (including phenoxy) is 3. The van der Waals surface area contributed by atoms with Crippen LogP contribution in [0.4, 0.5) is 5.69 Å². The molecule has 0 aliphatic heterocycles. The van der Waals surface area contributed by atoms with Gasteiger partial charge >= 0.3 is 0 Å². The number of benzene rings is 1. The van der Waals surface area contributed by atoms with Gasteiger partial charge < -0.3 is 24.8 Å². The van der Waals surface area contributed by atoms with Crippen molar-refractivity contribution in [1.82, 2.24) is 25.1 Å².